The van der Waals surface area contributed by atoms with E-state index in [9.17, 15) is 0 Å². The fourth-order valence-corrected chi connectivity index (χ4v) is 5.16. The van der Waals surface area contributed by atoms with Crippen molar-refractivity contribution >= 4 is 43.7 Å². The summed E-state index contributed by atoms with van der Waals surface area (Å²) < 4.78 is 21.1. The molecule has 0 radical (unpaired) electrons. The normalized spacial score (nSPS) is 12.6. The van der Waals surface area contributed by atoms with Crippen molar-refractivity contribution in [2.45, 2.75) is 0 Å². The van der Waals surface area contributed by atoms with Crippen LogP contribution < -0.4 is 9.47 Å². The molecule has 0 fully saturated rings. The van der Waals surface area contributed by atoms with Gasteiger partial charge in [-0.25, -0.2) is 0 Å². The number of fused-ring (bicyclic) bond motifs is 8. The first kappa shape index (κ1) is 17.8. The van der Waals surface area contributed by atoms with Gasteiger partial charge in [-0.3, -0.25) is 0 Å². The summed E-state index contributed by atoms with van der Waals surface area (Å²) in [4.78, 5) is 0. The number of aromatic nitrogens is 1. The lowest BCUT2D eigenvalue weighted by Crippen LogP contribution is -1.99. The molecule has 160 valence electrons. The first-order chi connectivity index (χ1) is 16.8. The van der Waals surface area contributed by atoms with Crippen molar-refractivity contribution in [2.75, 3.05) is 0 Å². The van der Waals surface area contributed by atoms with Crippen LogP contribution in [-0.4, -0.2) is 4.57 Å². The second-order valence-corrected chi connectivity index (χ2v) is 8.57. The molecule has 34 heavy (non-hydrogen) atoms. The Bertz CT molecular complexity index is 1930. The number of rotatable bonds is 1. The fraction of sp³-hybridized carbons (Fsp3) is 0. The lowest BCUT2D eigenvalue weighted by molar-refractivity contribution is 0.360. The highest BCUT2D eigenvalue weighted by Crippen LogP contribution is 2.48. The highest BCUT2D eigenvalue weighted by molar-refractivity contribution is 6.13. The summed E-state index contributed by atoms with van der Waals surface area (Å²) in [6.45, 7) is 0. The van der Waals surface area contributed by atoms with E-state index in [2.05, 4.69) is 65.2 Å². The molecular formula is C30H17NO3. The lowest BCUT2D eigenvalue weighted by Gasteiger charge is -2.20. The maximum atomic E-state index is 6.39. The Morgan fingerprint density at radius 3 is 2.00 bits per heavy atom. The molecule has 1 aliphatic rings. The van der Waals surface area contributed by atoms with Crippen LogP contribution in [0.5, 0.6) is 23.0 Å². The summed E-state index contributed by atoms with van der Waals surface area (Å²) in [5.41, 5.74) is 4.89. The molecule has 5 aromatic carbocycles. The molecule has 3 heterocycles. The van der Waals surface area contributed by atoms with E-state index in [1.54, 1.807) is 0 Å². The molecule has 0 spiro atoms. The van der Waals surface area contributed by atoms with Gasteiger partial charge in [0, 0.05) is 27.6 Å². The summed E-state index contributed by atoms with van der Waals surface area (Å²) in [5, 5.41) is 4.47. The van der Waals surface area contributed by atoms with Gasteiger partial charge in [0.1, 0.15) is 5.58 Å². The van der Waals surface area contributed by atoms with Crippen LogP contribution in [0.3, 0.4) is 0 Å². The van der Waals surface area contributed by atoms with Crippen molar-refractivity contribution in [3.8, 4) is 28.7 Å². The van der Waals surface area contributed by atoms with E-state index in [0.717, 1.165) is 66.7 Å². The lowest BCUT2D eigenvalue weighted by atomic mass is 10.1. The van der Waals surface area contributed by atoms with Gasteiger partial charge in [-0.15, -0.1) is 0 Å². The Kier molecular flexibility index (Phi) is 3.36. The Hall–Kier alpha value is -4.70. The Morgan fingerprint density at radius 1 is 0.471 bits per heavy atom. The molecule has 4 heteroatoms. The predicted octanol–water partition coefficient (Wildman–Crippen LogP) is 8.58. The maximum Gasteiger partial charge on any atom is 0.172 e. The van der Waals surface area contributed by atoms with Gasteiger partial charge in [0.25, 0.3) is 0 Å². The summed E-state index contributed by atoms with van der Waals surface area (Å²) in [6, 6.07) is 34.8. The molecule has 4 nitrogen and oxygen atoms in total. The van der Waals surface area contributed by atoms with E-state index in [4.69, 9.17) is 13.9 Å². The monoisotopic (exact) mass is 439 g/mol. The summed E-state index contributed by atoms with van der Waals surface area (Å²) in [7, 11) is 0. The SMILES string of the molecule is c1ccc2c(c1)Oc1cc3c4ccccc4n(-c4cccc5c4oc4ccccc45)c3cc1O2. The average Bonchev–Trinajstić information content (AvgIpc) is 3.42. The minimum Gasteiger partial charge on any atom is -0.454 e. The number of hydrogen-bond acceptors (Lipinski definition) is 3. The maximum absolute atomic E-state index is 6.39. The van der Waals surface area contributed by atoms with Crippen LogP contribution in [0.15, 0.2) is 108 Å². The van der Waals surface area contributed by atoms with Crippen molar-refractivity contribution in [1.29, 1.82) is 0 Å². The third-order valence-electron chi connectivity index (χ3n) is 6.65. The minimum atomic E-state index is 0.701. The number of para-hydroxylation sites is 5. The minimum absolute atomic E-state index is 0.701. The number of benzene rings is 5. The number of ether oxygens (including phenoxy) is 2. The first-order valence-electron chi connectivity index (χ1n) is 11.3. The van der Waals surface area contributed by atoms with Crippen LogP contribution in [-0.2, 0) is 0 Å². The second-order valence-electron chi connectivity index (χ2n) is 8.57. The van der Waals surface area contributed by atoms with Crippen LogP contribution in [0.4, 0.5) is 0 Å². The summed E-state index contributed by atoms with van der Waals surface area (Å²) >= 11 is 0. The highest BCUT2D eigenvalue weighted by atomic mass is 16.6. The third kappa shape index (κ3) is 2.32. The molecule has 0 amide bonds. The Balaban J connectivity index is 1.47. The van der Waals surface area contributed by atoms with Crippen LogP contribution in [0, 0.1) is 0 Å². The molecule has 0 N–H and O–H groups in total. The van der Waals surface area contributed by atoms with Gasteiger partial charge >= 0.3 is 0 Å². The van der Waals surface area contributed by atoms with Gasteiger partial charge in [0.15, 0.2) is 28.6 Å². The van der Waals surface area contributed by atoms with Crippen molar-refractivity contribution in [2.24, 2.45) is 0 Å². The largest absolute Gasteiger partial charge is 0.454 e. The van der Waals surface area contributed by atoms with Crippen LogP contribution in [0.25, 0.3) is 49.4 Å². The van der Waals surface area contributed by atoms with Crippen molar-refractivity contribution in [3.05, 3.63) is 103 Å². The molecule has 0 atom stereocenters. The number of hydrogen-bond donors (Lipinski definition) is 0. The molecular weight excluding hydrogens is 422 g/mol. The topological polar surface area (TPSA) is 36.5 Å². The van der Waals surface area contributed by atoms with E-state index in [1.165, 1.54) is 0 Å². The fourth-order valence-electron chi connectivity index (χ4n) is 5.16. The predicted molar refractivity (Wildman–Crippen MR) is 135 cm³/mol. The quantitative estimate of drug-likeness (QED) is 0.257. The Labute approximate surface area is 194 Å². The highest BCUT2D eigenvalue weighted by Gasteiger charge is 2.23. The van der Waals surface area contributed by atoms with Crippen molar-refractivity contribution in [3.63, 3.8) is 0 Å². The van der Waals surface area contributed by atoms with Gasteiger partial charge in [0.05, 0.1) is 16.7 Å². The molecule has 2 aromatic heterocycles. The van der Waals surface area contributed by atoms with Crippen LogP contribution in [0.2, 0.25) is 0 Å². The van der Waals surface area contributed by atoms with E-state index in [-0.39, 0.29) is 0 Å². The molecule has 7 aromatic rings. The van der Waals surface area contributed by atoms with Crippen LogP contribution >= 0.6 is 0 Å². The van der Waals surface area contributed by atoms with Gasteiger partial charge in [-0.2, -0.15) is 0 Å². The molecule has 0 saturated heterocycles. The average molecular weight is 439 g/mol. The van der Waals surface area contributed by atoms with Crippen LogP contribution in [0.1, 0.15) is 0 Å². The molecule has 0 bridgehead atoms. The van der Waals surface area contributed by atoms with E-state index in [1.807, 2.05) is 42.5 Å². The standard InChI is InChI=1S/C30H17NO3/c1-3-11-22-18(8-1)21-16-28-29(33-27-15-6-5-14-26(27)32-28)17-24(21)31(22)23-12-7-10-20-19-9-2-4-13-25(19)34-30(20)23/h1-17H. The molecule has 0 unspecified atom stereocenters. The molecule has 0 aliphatic carbocycles. The van der Waals surface area contributed by atoms with Gasteiger partial charge in [-0.05, 0) is 36.4 Å². The molecule has 1 aliphatic heterocycles. The summed E-state index contributed by atoms with van der Waals surface area (Å²) in [5.74, 6) is 2.87. The number of nitrogens with zero attached hydrogens (tertiary/aromatic N) is 1. The van der Waals surface area contributed by atoms with E-state index in [0.29, 0.717) is 5.75 Å². The zero-order chi connectivity index (χ0) is 22.2. The smallest absolute Gasteiger partial charge is 0.172 e. The zero-order valence-corrected chi connectivity index (χ0v) is 18.0. The van der Waals surface area contributed by atoms with Gasteiger partial charge < -0.3 is 18.5 Å². The van der Waals surface area contributed by atoms with Crippen molar-refractivity contribution in [1.82, 2.24) is 4.57 Å². The third-order valence-corrected chi connectivity index (χ3v) is 6.65. The van der Waals surface area contributed by atoms with Gasteiger partial charge in [0.2, 0.25) is 0 Å². The molecule has 8 rings (SSSR count). The first-order valence-corrected chi connectivity index (χ1v) is 11.3. The molecule has 0 saturated carbocycles. The van der Waals surface area contributed by atoms with E-state index < -0.39 is 0 Å². The van der Waals surface area contributed by atoms with Crippen molar-refractivity contribution < 1.29 is 13.9 Å². The zero-order valence-electron chi connectivity index (χ0n) is 18.0. The second kappa shape index (κ2) is 6.42. The summed E-state index contributed by atoms with van der Waals surface area (Å²) in [6.07, 6.45) is 0. The Morgan fingerprint density at radius 2 is 1.15 bits per heavy atom. The van der Waals surface area contributed by atoms with Gasteiger partial charge in [-0.1, -0.05) is 60.7 Å². The van der Waals surface area contributed by atoms with E-state index >= 15 is 0 Å². The number of furan rings is 1.